The summed E-state index contributed by atoms with van der Waals surface area (Å²) in [5.41, 5.74) is 3.89. The zero-order chi connectivity index (χ0) is 15.4. The highest BCUT2D eigenvalue weighted by atomic mass is 19.1. The van der Waals surface area contributed by atoms with Crippen molar-refractivity contribution in [2.75, 3.05) is 18.5 Å². The third kappa shape index (κ3) is 3.58. The summed E-state index contributed by atoms with van der Waals surface area (Å²) in [5.74, 6) is 0.0931. The van der Waals surface area contributed by atoms with Crippen LogP contribution in [0.2, 0.25) is 0 Å². The lowest BCUT2D eigenvalue weighted by Gasteiger charge is -2.21. The van der Waals surface area contributed by atoms with E-state index in [9.17, 15) is 4.39 Å². The van der Waals surface area contributed by atoms with Gasteiger partial charge >= 0.3 is 0 Å². The molecule has 1 aromatic heterocycles. The maximum absolute atomic E-state index is 14.6. The van der Waals surface area contributed by atoms with Gasteiger partial charge < -0.3 is 10.2 Å². The van der Waals surface area contributed by atoms with E-state index in [1.54, 1.807) is 17.2 Å². The van der Waals surface area contributed by atoms with E-state index in [0.717, 1.165) is 23.4 Å². The fourth-order valence-electron chi connectivity index (χ4n) is 2.37. The van der Waals surface area contributed by atoms with Crippen LogP contribution in [0.25, 0.3) is 0 Å². The molecule has 21 heavy (non-hydrogen) atoms. The minimum absolute atomic E-state index is 0.264. The largest absolute Gasteiger partial charge is 0.327 e. The van der Waals surface area contributed by atoms with E-state index in [1.165, 1.54) is 0 Å². The maximum atomic E-state index is 14.6. The molecular formula is C17H22FN3. The van der Waals surface area contributed by atoms with Crippen LogP contribution in [0.15, 0.2) is 30.5 Å². The van der Waals surface area contributed by atoms with Gasteiger partial charge in [-0.15, -0.1) is 0 Å². The first-order valence-corrected chi connectivity index (χ1v) is 7.19. The molecule has 0 radical (unpaired) electrons. The summed E-state index contributed by atoms with van der Waals surface area (Å²) in [6.07, 6.45) is 1.66. The monoisotopic (exact) mass is 287 g/mol. The van der Waals surface area contributed by atoms with Crippen LogP contribution in [0, 0.1) is 19.7 Å². The number of hydrogen-bond acceptors (Lipinski definition) is 3. The summed E-state index contributed by atoms with van der Waals surface area (Å²) < 4.78 is 14.6. The Morgan fingerprint density at radius 3 is 2.48 bits per heavy atom. The molecule has 0 aliphatic heterocycles. The second-order valence-corrected chi connectivity index (χ2v) is 5.29. The second kappa shape index (κ2) is 6.68. The average Bonchev–Trinajstić information content (AvgIpc) is 2.44. The minimum Gasteiger partial charge on any atom is -0.327 e. The van der Waals surface area contributed by atoms with Crippen molar-refractivity contribution in [2.45, 2.75) is 27.3 Å². The summed E-state index contributed by atoms with van der Waals surface area (Å²) in [6.45, 7) is 7.40. The lowest BCUT2D eigenvalue weighted by molar-refractivity contribution is 0.588. The number of benzene rings is 1. The van der Waals surface area contributed by atoms with Gasteiger partial charge in [-0.3, -0.25) is 0 Å². The highest BCUT2D eigenvalue weighted by Gasteiger charge is 2.15. The van der Waals surface area contributed by atoms with Crippen molar-refractivity contribution >= 4 is 11.5 Å². The molecule has 1 heterocycles. The standard InChI is InChI=1S/C17H22FN3/c1-5-19-11-14-6-7-20-17(16(14)18)21(4)15-9-12(2)8-13(3)10-15/h6-10,19H,5,11H2,1-4H3. The minimum atomic E-state index is -0.264. The van der Waals surface area contributed by atoms with Crippen molar-refractivity contribution < 1.29 is 4.39 Å². The summed E-state index contributed by atoms with van der Waals surface area (Å²) in [7, 11) is 1.84. The molecule has 0 bridgehead atoms. The number of rotatable bonds is 5. The van der Waals surface area contributed by atoms with Crippen molar-refractivity contribution in [3.8, 4) is 0 Å². The Kier molecular flexibility index (Phi) is 4.91. The predicted octanol–water partition coefficient (Wildman–Crippen LogP) is 3.71. The van der Waals surface area contributed by atoms with Crippen molar-refractivity contribution in [1.29, 1.82) is 0 Å². The topological polar surface area (TPSA) is 28.2 Å². The summed E-state index contributed by atoms with van der Waals surface area (Å²) >= 11 is 0. The number of anilines is 2. The molecule has 0 aliphatic carbocycles. The van der Waals surface area contributed by atoms with Gasteiger partial charge in [0.1, 0.15) is 0 Å². The van der Waals surface area contributed by atoms with Gasteiger partial charge in [0.15, 0.2) is 11.6 Å². The van der Waals surface area contributed by atoms with Crippen LogP contribution < -0.4 is 10.2 Å². The van der Waals surface area contributed by atoms with Crippen LogP contribution >= 0.6 is 0 Å². The molecule has 0 saturated heterocycles. The van der Waals surface area contributed by atoms with Gasteiger partial charge in [-0.05, 0) is 49.7 Å². The van der Waals surface area contributed by atoms with E-state index >= 15 is 0 Å². The molecular weight excluding hydrogens is 265 g/mol. The average molecular weight is 287 g/mol. The normalized spacial score (nSPS) is 10.7. The molecule has 0 saturated carbocycles. The van der Waals surface area contributed by atoms with Crippen molar-refractivity contribution in [2.24, 2.45) is 0 Å². The van der Waals surface area contributed by atoms with Crippen LogP contribution in [0.4, 0.5) is 15.9 Å². The number of aromatic nitrogens is 1. The number of pyridine rings is 1. The predicted molar refractivity (Wildman–Crippen MR) is 85.6 cm³/mol. The van der Waals surface area contributed by atoms with Gasteiger partial charge in [0.05, 0.1) is 0 Å². The van der Waals surface area contributed by atoms with Crippen LogP contribution in [0.3, 0.4) is 0 Å². The van der Waals surface area contributed by atoms with Gasteiger partial charge in [0.25, 0.3) is 0 Å². The van der Waals surface area contributed by atoms with Crippen LogP contribution in [-0.2, 0) is 6.54 Å². The Bertz CT molecular complexity index is 605. The third-order valence-electron chi connectivity index (χ3n) is 3.43. The first kappa shape index (κ1) is 15.4. The highest BCUT2D eigenvalue weighted by Crippen LogP contribution is 2.27. The lowest BCUT2D eigenvalue weighted by atomic mass is 10.1. The van der Waals surface area contributed by atoms with Crippen LogP contribution in [0.5, 0.6) is 0 Å². The van der Waals surface area contributed by atoms with Gasteiger partial charge in [0.2, 0.25) is 0 Å². The first-order chi connectivity index (χ1) is 10.0. The van der Waals surface area contributed by atoms with Gasteiger partial charge in [-0.2, -0.15) is 0 Å². The molecule has 2 aromatic rings. The van der Waals surface area contributed by atoms with Gasteiger partial charge in [0, 0.05) is 31.0 Å². The molecule has 2 rings (SSSR count). The summed E-state index contributed by atoms with van der Waals surface area (Å²) in [6, 6.07) is 7.88. The van der Waals surface area contributed by atoms with Crippen molar-refractivity contribution in [3.63, 3.8) is 0 Å². The van der Waals surface area contributed by atoms with Crippen LogP contribution in [0.1, 0.15) is 23.6 Å². The fraction of sp³-hybridized carbons (Fsp3) is 0.353. The quantitative estimate of drug-likeness (QED) is 0.908. The Balaban J connectivity index is 2.36. The number of nitrogens with one attached hydrogen (secondary N) is 1. The van der Waals surface area contributed by atoms with Gasteiger partial charge in [-0.25, -0.2) is 9.37 Å². The molecule has 112 valence electrons. The first-order valence-electron chi connectivity index (χ1n) is 7.19. The van der Waals surface area contributed by atoms with Gasteiger partial charge in [-0.1, -0.05) is 13.0 Å². The summed E-state index contributed by atoms with van der Waals surface area (Å²) in [4.78, 5) is 6.00. The van der Waals surface area contributed by atoms with E-state index in [-0.39, 0.29) is 5.82 Å². The van der Waals surface area contributed by atoms with E-state index in [0.29, 0.717) is 17.9 Å². The summed E-state index contributed by atoms with van der Waals surface area (Å²) in [5, 5.41) is 3.14. The number of nitrogens with zero attached hydrogens (tertiary/aromatic N) is 2. The molecule has 1 N–H and O–H groups in total. The highest BCUT2D eigenvalue weighted by molar-refractivity contribution is 5.62. The van der Waals surface area contributed by atoms with Crippen molar-refractivity contribution in [3.05, 3.63) is 53.0 Å². The van der Waals surface area contributed by atoms with Crippen molar-refractivity contribution in [1.82, 2.24) is 10.3 Å². The molecule has 0 aliphatic rings. The SMILES string of the molecule is CCNCc1ccnc(N(C)c2cc(C)cc(C)c2)c1F. The number of aryl methyl sites for hydroxylation is 2. The molecule has 0 atom stereocenters. The molecule has 0 fully saturated rings. The molecule has 0 spiro atoms. The smallest absolute Gasteiger partial charge is 0.170 e. The van der Waals surface area contributed by atoms with E-state index in [1.807, 2.05) is 40.0 Å². The Morgan fingerprint density at radius 2 is 1.86 bits per heavy atom. The van der Waals surface area contributed by atoms with E-state index in [2.05, 4.69) is 16.4 Å². The maximum Gasteiger partial charge on any atom is 0.170 e. The molecule has 0 amide bonds. The molecule has 0 unspecified atom stereocenters. The molecule has 3 nitrogen and oxygen atoms in total. The number of halogens is 1. The van der Waals surface area contributed by atoms with E-state index in [4.69, 9.17) is 0 Å². The lowest BCUT2D eigenvalue weighted by Crippen LogP contribution is -2.17. The molecule has 4 heteroatoms. The molecule has 1 aromatic carbocycles. The third-order valence-corrected chi connectivity index (χ3v) is 3.43. The number of hydrogen-bond donors (Lipinski definition) is 1. The Labute approximate surface area is 125 Å². The fourth-order valence-corrected chi connectivity index (χ4v) is 2.37. The Hall–Kier alpha value is -1.94. The second-order valence-electron chi connectivity index (χ2n) is 5.29. The van der Waals surface area contributed by atoms with Crippen LogP contribution in [-0.4, -0.2) is 18.6 Å². The van der Waals surface area contributed by atoms with E-state index < -0.39 is 0 Å². The zero-order valence-corrected chi connectivity index (χ0v) is 13.1. The zero-order valence-electron chi connectivity index (χ0n) is 13.1. The Morgan fingerprint density at radius 1 is 1.19 bits per heavy atom.